The molecule has 11 heteroatoms. The van der Waals surface area contributed by atoms with Crippen molar-refractivity contribution in [2.75, 3.05) is 21.3 Å². The number of carboxylic acid groups (broad SMARTS) is 1. The molecule has 2 aromatic carbocycles. The van der Waals surface area contributed by atoms with E-state index in [0.29, 0.717) is 43.1 Å². The Labute approximate surface area is 199 Å². The van der Waals surface area contributed by atoms with Gasteiger partial charge in [-0.15, -0.1) is 5.10 Å². The Bertz CT molecular complexity index is 1100. The first-order valence-electron chi connectivity index (χ1n) is 8.66. The molecule has 0 unspecified atom stereocenters. The Balaban J connectivity index is 1.90. The first kappa shape index (κ1) is 23.2. The molecular weight excluding hydrogens is 554 g/mol. The average Bonchev–Trinajstić information content (AvgIpc) is 3.21. The van der Waals surface area contributed by atoms with E-state index in [9.17, 15) is 9.90 Å². The number of aromatic nitrogens is 3. The van der Waals surface area contributed by atoms with Gasteiger partial charge in [0.15, 0.2) is 5.82 Å². The second-order valence-electron chi connectivity index (χ2n) is 6.00. The molecule has 3 aromatic rings. The zero-order valence-corrected chi connectivity index (χ0v) is 20.6. The number of halogens is 2. The molecule has 3 rings (SSSR count). The molecule has 0 radical (unpaired) electrons. The first-order valence-corrected chi connectivity index (χ1v) is 11.1. The van der Waals surface area contributed by atoms with Crippen molar-refractivity contribution >= 4 is 55.7 Å². The zero-order valence-electron chi connectivity index (χ0n) is 16.6. The quantitative estimate of drug-likeness (QED) is 0.280. The summed E-state index contributed by atoms with van der Waals surface area (Å²) in [6.07, 6.45) is 1.53. The van der Waals surface area contributed by atoms with Gasteiger partial charge in [-0.05, 0) is 79.5 Å². The van der Waals surface area contributed by atoms with Crippen molar-refractivity contribution in [3.05, 3.63) is 49.7 Å². The van der Waals surface area contributed by atoms with Gasteiger partial charge in [-0.3, -0.25) is 5.10 Å². The lowest BCUT2D eigenvalue weighted by atomic mass is 10.2. The highest BCUT2D eigenvalue weighted by molar-refractivity contribution is 9.11. The number of carboxylic acids is 1. The van der Waals surface area contributed by atoms with Crippen molar-refractivity contribution < 1.29 is 24.1 Å². The molecule has 2 N–H and O–H groups in total. The molecule has 0 aliphatic heterocycles. The maximum absolute atomic E-state index is 11.8. The third-order valence-electron chi connectivity index (χ3n) is 4.02. The number of nitrogens with one attached hydrogen (secondary N) is 1. The van der Waals surface area contributed by atoms with E-state index in [1.54, 1.807) is 51.7 Å². The Morgan fingerprint density at radius 2 is 1.65 bits per heavy atom. The van der Waals surface area contributed by atoms with Crippen LogP contribution in [0, 0.1) is 0 Å². The first-order chi connectivity index (χ1) is 14.8. The van der Waals surface area contributed by atoms with E-state index in [1.807, 2.05) is 0 Å². The number of hydrogen-bond donors (Lipinski definition) is 2. The summed E-state index contributed by atoms with van der Waals surface area (Å²) in [5.41, 5.74) is 1.36. The monoisotopic (exact) mass is 569 g/mol. The van der Waals surface area contributed by atoms with Crippen LogP contribution in [0.4, 0.5) is 0 Å². The molecule has 1 heterocycles. The van der Waals surface area contributed by atoms with Crippen molar-refractivity contribution in [1.29, 1.82) is 0 Å². The van der Waals surface area contributed by atoms with E-state index < -0.39 is 5.97 Å². The van der Waals surface area contributed by atoms with Crippen molar-refractivity contribution in [3.63, 3.8) is 0 Å². The van der Waals surface area contributed by atoms with Crippen LogP contribution in [-0.4, -0.2) is 47.6 Å². The van der Waals surface area contributed by atoms with Crippen LogP contribution in [-0.2, 0) is 4.79 Å². The molecule has 0 aliphatic carbocycles. The van der Waals surface area contributed by atoms with Gasteiger partial charge >= 0.3 is 5.97 Å². The van der Waals surface area contributed by atoms with E-state index in [1.165, 1.54) is 6.08 Å². The third-order valence-corrected chi connectivity index (χ3v) is 6.08. The standard InChI is InChI=1S/C20H17Br2N3O5S/c1-28-12-7-11(8-13(9-12)29-2)18-23-20(25-24-18)31-16(19(26)27)6-10-4-14(21)17(30-3)15(22)5-10/h4-9H,1-3H3,(H,26,27)(H,23,24,25)/b16-6-. The Morgan fingerprint density at radius 3 is 2.16 bits per heavy atom. The molecule has 0 saturated heterocycles. The van der Waals surface area contributed by atoms with E-state index >= 15 is 0 Å². The summed E-state index contributed by atoms with van der Waals surface area (Å²) in [4.78, 5) is 16.3. The minimum Gasteiger partial charge on any atom is -0.497 e. The number of aromatic amines is 1. The van der Waals surface area contributed by atoms with E-state index in [-0.39, 0.29) is 10.1 Å². The van der Waals surface area contributed by atoms with Gasteiger partial charge in [0.1, 0.15) is 22.2 Å². The summed E-state index contributed by atoms with van der Waals surface area (Å²) in [5, 5.41) is 16.9. The van der Waals surface area contributed by atoms with Gasteiger partial charge in [-0.2, -0.15) is 0 Å². The van der Waals surface area contributed by atoms with Gasteiger partial charge in [0.25, 0.3) is 0 Å². The molecular formula is C20H17Br2N3O5S. The van der Waals surface area contributed by atoms with Crippen LogP contribution in [0.15, 0.2) is 49.3 Å². The normalized spacial score (nSPS) is 11.3. The minimum absolute atomic E-state index is 0.0535. The number of carbonyl (C=O) groups is 1. The lowest BCUT2D eigenvalue weighted by Crippen LogP contribution is -1.97. The summed E-state index contributed by atoms with van der Waals surface area (Å²) in [5.74, 6) is 1.18. The maximum Gasteiger partial charge on any atom is 0.342 e. The van der Waals surface area contributed by atoms with Gasteiger partial charge in [0.05, 0.1) is 30.3 Å². The number of rotatable bonds is 8. The highest BCUT2D eigenvalue weighted by Gasteiger charge is 2.16. The van der Waals surface area contributed by atoms with E-state index in [4.69, 9.17) is 14.2 Å². The molecule has 0 atom stereocenters. The van der Waals surface area contributed by atoms with Crippen molar-refractivity contribution in [3.8, 4) is 28.6 Å². The summed E-state index contributed by atoms with van der Waals surface area (Å²) in [7, 11) is 4.66. The second-order valence-corrected chi connectivity index (χ2v) is 8.72. The average molecular weight is 571 g/mol. The van der Waals surface area contributed by atoms with Crippen LogP contribution >= 0.6 is 43.6 Å². The van der Waals surface area contributed by atoms with E-state index in [0.717, 1.165) is 11.8 Å². The van der Waals surface area contributed by atoms with Gasteiger partial charge in [0.2, 0.25) is 5.16 Å². The van der Waals surface area contributed by atoms with Gasteiger partial charge in [-0.1, -0.05) is 0 Å². The van der Waals surface area contributed by atoms with Crippen LogP contribution in [0.5, 0.6) is 17.2 Å². The maximum atomic E-state index is 11.8. The highest BCUT2D eigenvalue weighted by atomic mass is 79.9. The summed E-state index contributed by atoms with van der Waals surface area (Å²) < 4.78 is 17.2. The molecule has 1 aromatic heterocycles. The summed E-state index contributed by atoms with van der Waals surface area (Å²) >= 11 is 7.76. The molecule has 0 fully saturated rings. The number of H-pyrrole nitrogens is 1. The van der Waals surface area contributed by atoms with Crippen LogP contribution in [0.25, 0.3) is 17.5 Å². The van der Waals surface area contributed by atoms with Crippen LogP contribution in [0.3, 0.4) is 0 Å². The number of hydrogen-bond acceptors (Lipinski definition) is 7. The number of methoxy groups -OCH3 is 3. The predicted molar refractivity (Wildman–Crippen MR) is 125 cm³/mol. The smallest absolute Gasteiger partial charge is 0.342 e. The SMILES string of the molecule is COc1cc(OC)cc(-c2nc(S/C(=C\c3cc(Br)c(OC)c(Br)c3)C(=O)O)n[nH]2)c1. The molecule has 8 nitrogen and oxygen atoms in total. The van der Waals surface area contributed by atoms with Crippen LogP contribution < -0.4 is 14.2 Å². The fourth-order valence-corrected chi connectivity index (χ4v) is 4.86. The van der Waals surface area contributed by atoms with Crippen LogP contribution in [0.1, 0.15) is 5.56 Å². The summed E-state index contributed by atoms with van der Waals surface area (Å²) in [6.45, 7) is 0. The molecule has 0 bridgehead atoms. The lowest BCUT2D eigenvalue weighted by molar-refractivity contribution is -0.131. The van der Waals surface area contributed by atoms with Crippen molar-refractivity contribution in [1.82, 2.24) is 15.2 Å². The van der Waals surface area contributed by atoms with Crippen molar-refractivity contribution in [2.45, 2.75) is 5.16 Å². The van der Waals surface area contributed by atoms with Gasteiger partial charge in [-0.25, -0.2) is 9.78 Å². The molecule has 0 spiro atoms. The number of aliphatic carboxylic acids is 1. The largest absolute Gasteiger partial charge is 0.497 e. The Hall–Kier alpha value is -2.50. The topological polar surface area (TPSA) is 107 Å². The number of nitrogens with zero attached hydrogens (tertiary/aromatic N) is 2. The number of ether oxygens (including phenoxy) is 3. The predicted octanol–water partition coefficient (Wildman–Crippen LogP) is 5.24. The number of thioether (sulfide) groups is 1. The lowest BCUT2D eigenvalue weighted by Gasteiger charge is -2.07. The Kier molecular flexibility index (Phi) is 7.63. The Morgan fingerprint density at radius 1 is 1.03 bits per heavy atom. The number of benzene rings is 2. The molecule has 162 valence electrons. The third kappa shape index (κ3) is 5.60. The second kappa shape index (κ2) is 10.2. The highest BCUT2D eigenvalue weighted by Crippen LogP contribution is 2.36. The minimum atomic E-state index is -1.09. The van der Waals surface area contributed by atoms with Crippen molar-refractivity contribution in [2.24, 2.45) is 0 Å². The molecule has 0 amide bonds. The van der Waals surface area contributed by atoms with Gasteiger partial charge < -0.3 is 19.3 Å². The molecule has 0 saturated carbocycles. The zero-order chi connectivity index (χ0) is 22.5. The fraction of sp³-hybridized carbons (Fsp3) is 0.150. The fourth-order valence-electron chi connectivity index (χ4n) is 2.61. The van der Waals surface area contributed by atoms with Gasteiger partial charge in [0, 0.05) is 11.6 Å². The van der Waals surface area contributed by atoms with E-state index in [2.05, 4.69) is 47.0 Å². The molecule has 31 heavy (non-hydrogen) atoms. The summed E-state index contributed by atoms with van der Waals surface area (Å²) in [6, 6.07) is 8.82. The molecule has 0 aliphatic rings. The van der Waals surface area contributed by atoms with Crippen LogP contribution in [0.2, 0.25) is 0 Å².